The van der Waals surface area contributed by atoms with E-state index in [1.54, 1.807) is 12.1 Å². The summed E-state index contributed by atoms with van der Waals surface area (Å²) in [6.45, 7) is 7.41. The van der Waals surface area contributed by atoms with Crippen molar-refractivity contribution in [1.82, 2.24) is 4.90 Å². The summed E-state index contributed by atoms with van der Waals surface area (Å²) in [5.74, 6) is 0. The number of rotatable bonds is 9. The van der Waals surface area contributed by atoms with Gasteiger partial charge in [0.1, 0.15) is 0 Å². The molecule has 2 atom stereocenters. The molecular formula is C21H30F3NOSi. The fraction of sp³-hybridized carbons (Fsp3) is 0.619. The first-order valence-corrected chi connectivity index (χ1v) is 11.0. The van der Waals surface area contributed by atoms with Crippen LogP contribution < -0.4 is 5.19 Å². The fourth-order valence-electron chi connectivity index (χ4n) is 3.50. The molecule has 1 heterocycles. The molecule has 0 N–H and O–H groups in total. The molecule has 1 saturated heterocycles. The Kier molecular flexibility index (Phi) is 9.06. The van der Waals surface area contributed by atoms with Crippen LogP contribution in [0.2, 0.25) is 6.04 Å². The molecule has 1 aromatic rings. The van der Waals surface area contributed by atoms with Crippen LogP contribution in [0.1, 0.15) is 45.1 Å². The predicted molar refractivity (Wildman–Crippen MR) is 106 cm³/mol. The molecule has 0 spiro atoms. The molecule has 2 rings (SSSR count). The third kappa shape index (κ3) is 8.19. The predicted octanol–water partition coefficient (Wildman–Crippen LogP) is 4.68. The highest BCUT2D eigenvalue weighted by atomic mass is 28.2. The number of ether oxygens (including phenoxy) is 1. The van der Waals surface area contributed by atoms with Crippen LogP contribution in [0, 0.1) is 0 Å². The van der Waals surface area contributed by atoms with Crippen LogP contribution in [-0.4, -0.2) is 46.3 Å². The summed E-state index contributed by atoms with van der Waals surface area (Å²) >= 11 is 0. The molecule has 1 fully saturated rings. The zero-order valence-corrected chi connectivity index (χ0v) is 17.3. The van der Waals surface area contributed by atoms with Gasteiger partial charge in [0.25, 0.3) is 0 Å². The first-order chi connectivity index (χ1) is 12.9. The van der Waals surface area contributed by atoms with Crippen LogP contribution >= 0.6 is 0 Å². The number of hydrogen-bond donors (Lipinski definition) is 0. The van der Waals surface area contributed by atoms with Gasteiger partial charge in [0.05, 0.1) is 27.3 Å². The van der Waals surface area contributed by atoms with Crippen molar-refractivity contribution in [2.24, 2.45) is 0 Å². The van der Waals surface area contributed by atoms with Crippen molar-refractivity contribution < 1.29 is 17.9 Å². The van der Waals surface area contributed by atoms with E-state index >= 15 is 0 Å². The molecule has 1 aliphatic heterocycles. The van der Waals surface area contributed by atoms with E-state index in [1.807, 2.05) is 6.08 Å². The third-order valence-corrected chi connectivity index (χ3v) is 5.91. The highest BCUT2D eigenvalue weighted by Crippen LogP contribution is 2.27. The average molecular weight is 398 g/mol. The second kappa shape index (κ2) is 11.0. The van der Waals surface area contributed by atoms with Gasteiger partial charge in [0, 0.05) is 13.1 Å². The van der Waals surface area contributed by atoms with Crippen molar-refractivity contribution in [2.45, 2.75) is 64.0 Å². The molecule has 1 aromatic carbocycles. The Labute approximate surface area is 163 Å². The molecule has 0 aromatic heterocycles. The Balaban J connectivity index is 1.57. The lowest BCUT2D eigenvalue weighted by Gasteiger charge is -2.35. The minimum Gasteiger partial charge on any atom is -0.373 e. The minimum absolute atomic E-state index is 0.162. The second-order valence-electron chi connectivity index (χ2n) is 7.26. The van der Waals surface area contributed by atoms with E-state index in [0.717, 1.165) is 32.5 Å². The maximum Gasteiger partial charge on any atom is 0.416 e. The number of alkyl halides is 3. The van der Waals surface area contributed by atoms with Crippen LogP contribution in [-0.2, 0) is 10.9 Å². The highest BCUT2D eigenvalue weighted by molar-refractivity contribution is 6.54. The number of allylic oxidation sites excluding steroid dienone is 2. The molecule has 2 nitrogen and oxygen atoms in total. The topological polar surface area (TPSA) is 12.5 Å². The van der Waals surface area contributed by atoms with Gasteiger partial charge >= 0.3 is 6.18 Å². The van der Waals surface area contributed by atoms with Gasteiger partial charge in [-0.05, 0) is 45.7 Å². The number of halogens is 3. The smallest absolute Gasteiger partial charge is 0.373 e. The Bertz CT molecular complexity index is 581. The molecule has 2 unspecified atom stereocenters. The lowest BCUT2D eigenvalue weighted by Crippen LogP contribution is -2.45. The van der Waals surface area contributed by atoms with Gasteiger partial charge in [0.2, 0.25) is 0 Å². The SMILES string of the molecule is CC1CN(CCCCCC=CC[Si]c2ccccc2C(F)(F)F)CC(C)O1. The van der Waals surface area contributed by atoms with E-state index < -0.39 is 11.7 Å². The van der Waals surface area contributed by atoms with E-state index in [-0.39, 0.29) is 9.52 Å². The van der Waals surface area contributed by atoms with Crippen LogP contribution in [0.25, 0.3) is 0 Å². The zero-order chi connectivity index (χ0) is 19.7. The van der Waals surface area contributed by atoms with E-state index in [4.69, 9.17) is 4.74 Å². The van der Waals surface area contributed by atoms with Gasteiger partial charge in [-0.2, -0.15) is 13.2 Å². The first-order valence-electron chi connectivity index (χ1n) is 9.79. The molecule has 150 valence electrons. The standard InChI is InChI=1S/C21H30F3NOSi/c1-17-15-25(16-18(2)26-17)13-9-5-3-4-6-10-14-27-20-12-8-7-11-19(20)21(22,23)24/h6-8,10-12,17-18H,3-5,9,13-16H2,1-2H3. The maximum atomic E-state index is 13.0. The summed E-state index contributed by atoms with van der Waals surface area (Å²) in [4.78, 5) is 2.48. The minimum atomic E-state index is -4.26. The van der Waals surface area contributed by atoms with Crippen molar-refractivity contribution in [3.8, 4) is 0 Å². The monoisotopic (exact) mass is 397 g/mol. The molecule has 0 aliphatic carbocycles. The molecule has 0 amide bonds. The second-order valence-corrected chi connectivity index (χ2v) is 8.56. The number of hydrogen-bond acceptors (Lipinski definition) is 2. The quantitative estimate of drug-likeness (QED) is 0.341. The molecule has 0 bridgehead atoms. The van der Waals surface area contributed by atoms with Crippen molar-refractivity contribution in [1.29, 1.82) is 0 Å². The fourth-order valence-corrected chi connectivity index (χ4v) is 4.63. The van der Waals surface area contributed by atoms with Crippen molar-refractivity contribution in [3.05, 3.63) is 42.0 Å². The van der Waals surface area contributed by atoms with Gasteiger partial charge in [-0.15, -0.1) is 0 Å². The molecule has 0 saturated carbocycles. The highest BCUT2D eigenvalue weighted by Gasteiger charge is 2.32. The Hall–Kier alpha value is -1.11. The van der Waals surface area contributed by atoms with Gasteiger partial charge in [-0.1, -0.05) is 48.0 Å². The summed E-state index contributed by atoms with van der Waals surface area (Å²) in [5.41, 5.74) is -0.497. The average Bonchev–Trinajstić information content (AvgIpc) is 2.59. The van der Waals surface area contributed by atoms with Crippen LogP contribution in [0.5, 0.6) is 0 Å². The number of benzene rings is 1. The maximum absolute atomic E-state index is 13.0. The van der Waals surface area contributed by atoms with Gasteiger partial charge in [-0.3, -0.25) is 4.90 Å². The van der Waals surface area contributed by atoms with Crippen LogP contribution in [0.15, 0.2) is 36.4 Å². The van der Waals surface area contributed by atoms with Gasteiger partial charge < -0.3 is 4.74 Å². The number of nitrogens with zero attached hydrogens (tertiary/aromatic N) is 1. The molecule has 1 aliphatic rings. The Morgan fingerprint density at radius 2 is 1.78 bits per heavy atom. The third-order valence-electron chi connectivity index (χ3n) is 4.65. The van der Waals surface area contributed by atoms with E-state index in [0.29, 0.717) is 23.4 Å². The van der Waals surface area contributed by atoms with Crippen molar-refractivity contribution in [3.63, 3.8) is 0 Å². The first kappa shape index (κ1) is 22.2. The summed E-state index contributed by atoms with van der Waals surface area (Å²) in [7, 11) is 0.162. The van der Waals surface area contributed by atoms with Crippen LogP contribution in [0.3, 0.4) is 0 Å². The summed E-state index contributed by atoms with van der Waals surface area (Å²) < 4.78 is 44.6. The van der Waals surface area contributed by atoms with E-state index in [1.165, 1.54) is 25.0 Å². The lowest BCUT2D eigenvalue weighted by molar-refractivity contribution is -0.136. The van der Waals surface area contributed by atoms with Gasteiger partial charge in [-0.25, -0.2) is 0 Å². The Morgan fingerprint density at radius 3 is 2.48 bits per heavy atom. The van der Waals surface area contributed by atoms with E-state index in [2.05, 4.69) is 24.8 Å². The van der Waals surface area contributed by atoms with Gasteiger partial charge in [0.15, 0.2) is 0 Å². The normalized spacial score (nSPS) is 21.8. The molecule has 2 radical (unpaired) electrons. The molecule has 27 heavy (non-hydrogen) atoms. The van der Waals surface area contributed by atoms with E-state index in [9.17, 15) is 13.2 Å². The zero-order valence-electron chi connectivity index (χ0n) is 16.3. The molecular weight excluding hydrogens is 367 g/mol. The largest absolute Gasteiger partial charge is 0.416 e. The Morgan fingerprint density at radius 1 is 1.07 bits per heavy atom. The van der Waals surface area contributed by atoms with Crippen molar-refractivity contribution >= 4 is 14.7 Å². The molecule has 6 heteroatoms. The number of morpholine rings is 1. The summed E-state index contributed by atoms with van der Waals surface area (Å²) in [6.07, 6.45) is 5.02. The summed E-state index contributed by atoms with van der Waals surface area (Å²) in [5, 5.41) is 0.406. The van der Waals surface area contributed by atoms with Crippen LogP contribution in [0.4, 0.5) is 13.2 Å². The number of unbranched alkanes of at least 4 members (excludes halogenated alkanes) is 3. The van der Waals surface area contributed by atoms with Crippen molar-refractivity contribution in [2.75, 3.05) is 19.6 Å². The summed E-state index contributed by atoms with van der Waals surface area (Å²) in [6, 6.07) is 6.56. The lowest BCUT2D eigenvalue weighted by atomic mass is 10.1.